The molecule has 0 N–H and O–H groups in total. The summed E-state index contributed by atoms with van der Waals surface area (Å²) in [5.41, 5.74) is 14.4. The summed E-state index contributed by atoms with van der Waals surface area (Å²) in [5.74, 6) is 2.03. The van der Waals surface area contributed by atoms with Crippen molar-refractivity contribution in [3.63, 3.8) is 0 Å². The molecule has 0 fully saturated rings. The molecule has 0 unspecified atom stereocenters. The van der Waals surface area contributed by atoms with E-state index in [4.69, 9.17) is 9.72 Å². The number of pyridine rings is 1. The molecule has 1 aliphatic heterocycles. The van der Waals surface area contributed by atoms with Gasteiger partial charge in [-0.15, -0.1) is 59.4 Å². The number of nitrogens with zero attached hydrogens (tertiary/aromatic N) is 4. The van der Waals surface area contributed by atoms with Crippen LogP contribution in [0.25, 0.3) is 70.0 Å². The van der Waals surface area contributed by atoms with E-state index in [0.717, 1.165) is 61.5 Å². The summed E-state index contributed by atoms with van der Waals surface area (Å²) in [7, 11) is 0. The molecular formula is C66H57N4OPtS-3. The van der Waals surface area contributed by atoms with Crippen LogP contribution in [-0.2, 0) is 37.3 Å². The maximum atomic E-state index is 6.72. The van der Waals surface area contributed by atoms with Gasteiger partial charge in [-0.25, -0.2) is 4.98 Å². The average Bonchev–Trinajstić information content (AvgIpc) is 4.05. The first kappa shape index (κ1) is 48.3. The second-order valence-corrected chi connectivity index (χ2v) is 23.4. The summed E-state index contributed by atoms with van der Waals surface area (Å²) in [6.45, 7) is 22.7. The first-order chi connectivity index (χ1) is 34.5. The van der Waals surface area contributed by atoms with Gasteiger partial charge >= 0.3 is 0 Å². The second-order valence-electron chi connectivity index (χ2n) is 22.3. The number of thiophene rings is 1. The third kappa shape index (κ3) is 8.83. The van der Waals surface area contributed by atoms with Crippen LogP contribution in [0.15, 0.2) is 176 Å². The molecule has 1 aliphatic rings. The first-order valence-electron chi connectivity index (χ1n) is 24.9. The van der Waals surface area contributed by atoms with Crippen LogP contribution >= 0.6 is 11.3 Å². The normalized spacial score (nSPS) is 13.1. The Hall–Kier alpha value is -6.98. The van der Waals surface area contributed by atoms with E-state index >= 15 is 0 Å². The summed E-state index contributed by atoms with van der Waals surface area (Å²) < 4.78 is 11.6. The van der Waals surface area contributed by atoms with E-state index in [1.54, 1.807) is 0 Å². The number of hydrogen-bond donors (Lipinski definition) is 0. The molecule has 0 saturated heterocycles. The summed E-state index contributed by atoms with van der Waals surface area (Å²) >= 11 is 1.85. The fraction of sp³-hybridized carbons (Fsp3) is 0.182. The molecule has 0 saturated carbocycles. The van der Waals surface area contributed by atoms with Gasteiger partial charge in [0.05, 0.1) is 0 Å². The molecule has 0 aliphatic carbocycles. The Bertz CT molecular complexity index is 3890. The van der Waals surface area contributed by atoms with Crippen molar-refractivity contribution in [3.8, 4) is 39.6 Å². The average molecular weight is 1150 g/mol. The number of para-hydroxylation sites is 3. The van der Waals surface area contributed by atoms with Crippen LogP contribution in [0.1, 0.15) is 79.0 Å². The Labute approximate surface area is 448 Å². The topological polar surface area (TPSA) is 33.5 Å². The van der Waals surface area contributed by atoms with Crippen LogP contribution in [0.5, 0.6) is 11.5 Å². The molecular weight excluding hydrogens is 1090 g/mol. The maximum Gasteiger partial charge on any atom is 0.135 e. The Morgan fingerprint density at radius 3 is 1.89 bits per heavy atom. The van der Waals surface area contributed by atoms with Crippen LogP contribution in [0.4, 0.5) is 22.7 Å². The van der Waals surface area contributed by atoms with E-state index in [2.05, 4.69) is 253 Å². The molecule has 0 bridgehead atoms. The quantitative estimate of drug-likeness (QED) is 0.149. The van der Waals surface area contributed by atoms with Gasteiger partial charge in [-0.3, -0.25) is 0 Å². The Balaban J connectivity index is 0.00000574. The van der Waals surface area contributed by atoms with Crippen LogP contribution in [-0.4, -0.2) is 9.55 Å². The van der Waals surface area contributed by atoms with Crippen molar-refractivity contribution < 1.29 is 25.8 Å². The molecule has 0 amide bonds. The Morgan fingerprint density at radius 1 is 0.507 bits per heavy atom. The summed E-state index contributed by atoms with van der Waals surface area (Å²) in [6.07, 6.45) is 2.06. The van der Waals surface area contributed by atoms with Crippen molar-refractivity contribution in [3.05, 3.63) is 212 Å². The SMILES string of the molecule is CC(C)(C)c1cc(N2[CH-]N(c3[c-]c(Oc4[c-]c5c(cc4)c4ccccc4n5-c4cc(C(C)(C)C)c(-c5cccc(-c6ccc7c(c6)sc6ccccc67)c5)cn4)ccc3)c3ccccc32)cc(C(C)(C)C)c1.[Pt]. The number of rotatable bonds is 7. The second kappa shape index (κ2) is 18.2. The monoisotopic (exact) mass is 1150 g/mol. The molecule has 7 heteroatoms. The predicted octanol–water partition coefficient (Wildman–Crippen LogP) is 18.6. The molecule has 8 aromatic carbocycles. The number of hydrogen-bond acceptors (Lipinski definition) is 5. The smallest absolute Gasteiger partial charge is 0.135 e. The van der Waals surface area contributed by atoms with Gasteiger partial charge in [0.2, 0.25) is 0 Å². The number of ether oxygens (including phenoxy) is 1. The van der Waals surface area contributed by atoms with E-state index in [9.17, 15) is 0 Å². The first-order valence-corrected chi connectivity index (χ1v) is 25.7. The Kier molecular flexibility index (Phi) is 12.0. The van der Waals surface area contributed by atoms with Gasteiger partial charge in [0, 0.05) is 87.1 Å². The number of fused-ring (bicyclic) bond motifs is 7. The predicted molar refractivity (Wildman–Crippen MR) is 304 cm³/mol. The molecule has 0 atom stereocenters. The molecule has 0 radical (unpaired) electrons. The zero-order valence-electron chi connectivity index (χ0n) is 42.7. The minimum Gasteiger partial charge on any atom is -0.509 e. The van der Waals surface area contributed by atoms with Gasteiger partial charge in [0.1, 0.15) is 5.82 Å². The van der Waals surface area contributed by atoms with Crippen LogP contribution in [0.2, 0.25) is 0 Å². The van der Waals surface area contributed by atoms with E-state index < -0.39 is 0 Å². The van der Waals surface area contributed by atoms with E-state index in [0.29, 0.717) is 11.5 Å². The van der Waals surface area contributed by atoms with Crippen molar-refractivity contribution in [2.75, 3.05) is 9.80 Å². The molecule has 11 aromatic rings. The third-order valence-corrected chi connectivity index (χ3v) is 15.3. The molecule has 5 nitrogen and oxygen atoms in total. The van der Waals surface area contributed by atoms with Crippen molar-refractivity contribution >= 4 is 76.1 Å². The molecule has 12 rings (SSSR count). The molecule has 4 heterocycles. The number of benzene rings is 8. The molecule has 366 valence electrons. The summed E-state index contributed by atoms with van der Waals surface area (Å²) in [4.78, 5) is 9.78. The van der Waals surface area contributed by atoms with Crippen LogP contribution in [0.3, 0.4) is 0 Å². The van der Waals surface area contributed by atoms with E-state index in [1.807, 2.05) is 29.5 Å². The summed E-state index contributed by atoms with van der Waals surface area (Å²) in [6, 6.07) is 68.4. The van der Waals surface area contributed by atoms with Gasteiger partial charge in [-0.1, -0.05) is 153 Å². The zero-order chi connectivity index (χ0) is 49.7. The molecule has 73 heavy (non-hydrogen) atoms. The largest absolute Gasteiger partial charge is 0.509 e. The van der Waals surface area contributed by atoms with Gasteiger partial charge in [0.25, 0.3) is 0 Å². The van der Waals surface area contributed by atoms with E-state index in [1.165, 1.54) is 48.0 Å². The summed E-state index contributed by atoms with van der Waals surface area (Å²) in [5, 5.41) is 4.83. The third-order valence-electron chi connectivity index (χ3n) is 14.2. The van der Waals surface area contributed by atoms with Gasteiger partial charge in [-0.05, 0) is 110 Å². The molecule has 3 aromatic heterocycles. The van der Waals surface area contributed by atoms with Crippen molar-refractivity contribution in [2.45, 2.75) is 78.6 Å². The minimum atomic E-state index is -0.188. The van der Waals surface area contributed by atoms with Crippen molar-refractivity contribution in [1.29, 1.82) is 0 Å². The molecule has 0 spiro atoms. The van der Waals surface area contributed by atoms with E-state index in [-0.39, 0.29) is 37.3 Å². The van der Waals surface area contributed by atoms with Crippen LogP contribution < -0.4 is 14.5 Å². The van der Waals surface area contributed by atoms with Crippen LogP contribution in [0, 0.1) is 18.8 Å². The van der Waals surface area contributed by atoms with Crippen molar-refractivity contribution in [1.82, 2.24) is 9.55 Å². The van der Waals surface area contributed by atoms with Gasteiger partial charge in [0.15, 0.2) is 0 Å². The Morgan fingerprint density at radius 2 is 1.14 bits per heavy atom. The van der Waals surface area contributed by atoms with Gasteiger partial charge < -0.3 is 19.1 Å². The number of aromatic nitrogens is 2. The minimum absolute atomic E-state index is 0. The van der Waals surface area contributed by atoms with Crippen molar-refractivity contribution in [2.24, 2.45) is 0 Å². The zero-order valence-corrected chi connectivity index (χ0v) is 45.8. The standard InChI is InChI=1S/C66H57N4OS.Pt/c1-64(2,3)45-34-46(65(4,5)6)36-48(35-45)69-41-68(58-25-13-14-26-59(58)69)47-20-17-21-49(37-47)71-50-29-31-52-51-22-10-12-24-57(51)70(60(52)38-50)63-39-56(66(7,8)9)55(40-67-63)44-19-16-18-42(32-44)43-28-30-54-53-23-11-15-27-61(53)72-62(54)33-43;/h10-36,39-41H,1-9H3;/q-3;. The maximum absolute atomic E-state index is 6.72. The fourth-order valence-corrected chi connectivity index (χ4v) is 11.4. The fourth-order valence-electron chi connectivity index (χ4n) is 10.2. The van der Waals surface area contributed by atoms with Gasteiger partial charge in [-0.2, -0.15) is 12.1 Å². The number of anilines is 4.